The first-order chi connectivity index (χ1) is 10.7. The number of anilines is 1. The number of nitrogens with one attached hydrogen (secondary N) is 2. The third-order valence-corrected chi connectivity index (χ3v) is 4.36. The number of thiazole rings is 1. The highest BCUT2D eigenvalue weighted by atomic mass is 32.1. The molecule has 3 rings (SSSR count). The molecule has 0 fully saturated rings. The van der Waals surface area contributed by atoms with Gasteiger partial charge in [-0.2, -0.15) is 0 Å². The highest BCUT2D eigenvalue weighted by Crippen LogP contribution is 2.31. The van der Waals surface area contributed by atoms with Crippen molar-refractivity contribution in [1.29, 1.82) is 0 Å². The van der Waals surface area contributed by atoms with Crippen molar-refractivity contribution in [2.45, 2.75) is 25.5 Å². The highest BCUT2D eigenvalue weighted by Gasteiger charge is 2.24. The molecule has 0 radical (unpaired) electrons. The van der Waals surface area contributed by atoms with Crippen molar-refractivity contribution in [2.75, 3.05) is 12.4 Å². The van der Waals surface area contributed by atoms with E-state index in [-0.39, 0.29) is 17.9 Å². The Labute approximate surface area is 131 Å². The fourth-order valence-electron chi connectivity index (χ4n) is 2.61. The fraction of sp³-hybridized carbons (Fsp3) is 0.333. The summed E-state index contributed by atoms with van der Waals surface area (Å²) >= 11 is 1.35. The minimum absolute atomic E-state index is 0.0889. The second kappa shape index (κ2) is 6.41. The summed E-state index contributed by atoms with van der Waals surface area (Å²) < 4.78 is 18.2. The number of amides is 2. The number of hydrogen-bond donors (Lipinski definition) is 2. The summed E-state index contributed by atoms with van der Waals surface area (Å²) in [5.74, 6) is -0.239. The minimum Gasteiger partial charge on any atom is -0.378 e. The summed E-state index contributed by atoms with van der Waals surface area (Å²) in [6, 6.07) is 4.30. The summed E-state index contributed by atoms with van der Waals surface area (Å²) in [5, 5.41) is 7.99. The monoisotopic (exact) mass is 321 g/mol. The first-order valence-corrected chi connectivity index (χ1v) is 7.83. The van der Waals surface area contributed by atoms with Gasteiger partial charge in [0.15, 0.2) is 5.13 Å². The number of urea groups is 1. The molecule has 1 aliphatic carbocycles. The fourth-order valence-corrected chi connectivity index (χ4v) is 3.30. The maximum absolute atomic E-state index is 13.2. The van der Waals surface area contributed by atoms with Gasteiger partial charge in [0, 0.05) is 12.5 Å². The SMILES string of the molecule is COCc1csc(NC(=O)N[C@@H]2CCc3cc(F)ccc32)n1. The number of ether oxygens (including phenoxy) is 1. The van der Waals surface area contributed by atoms with Gasteiger partial charge in [-0.05, 0) is 36.1 Å². The van der Waals surface area contributed by atoms with Gasteiger partial charge < -0.3 is 10.1 Å². The van der Waals surface area contributed by atoms with Crippen LogP contribution in [0.4, 0.5) is 14.3 Å². The van der Waals surface area contributed by atoms with Gasteiger partial charge in [-0.3, -0.25) is 5.32 Å². The molecule has 22 heavy (non-hydrogen) atoms. The standard InChI is InChI=1S/C15H16FN3O2S/c1-21-7-11-8-22-15(17-11)19-14(20)18-13-5-2-9-6-10(16)3-4-12(9)13/h3-4,6,8,13H,2,5,7H2,1H3,(H2,17,18,19,20)/t13-/m1/s1. The minimum atomic E-state index is -0.305. The van der Waals surface area contributed by atoms with Crippen molar-refractivity contribution in [3.8, 4) is 0 Å². The van der Waals surface area contributed by atoms with Crippen molar-refractivity contribution in [3.63, 3.8) is 0 Å². The largest absolute Gasteiger partial charge is 0.378 e. The van der Waals surface area contributed by atoms with Gasteiger partial charge in [0.2, 0.25) is 0 Å². The zero-order valence-corrected chi connectivity index (χ0v) is 12.9. The van der Waals surface area contributed by atoms with Crippen LogP contribution in [0, 0.1) is 5.82 Å². The van der Waals surface area contributed by atoms with Crippen LogP contribution in [-0.2, 0) is 17.8 Å². The molecule has 2 N–H and O–H groups in total. The molecule has 1 aromatic carbocycles. The molecule has 1 atom stereocenters. The number of aryl methyl sites for hydroxylation is 1. The molecular formula is C15H16FN3O2S. The molecule has 0 spiro atoms. The quantitative estimate of drug-likeness (QED) is 0.909. The maximum Gasteiger partial charge on any atom is 0.321 e. The molecule has 0 saturated carbocycles. The van der Waals surface area contributed by atoms with Crippen LogP contribution in [0.5, 0.6) is 0 Å². The van der Waals surface area contributed by atoms with Crippen LogP contribution in [0.25, 0.3) is 0 Å². The lowest BCUT2D eigenvalue weighted by Gasteiger charge is -2.14. The van der Waals surface area contributed by atoms with Crippen LogP contribution < -0.4 is 10.6 Å². The van der Waals surface area contributed by atoms with E-state index >= 15 is 0 Å². The van der Waals surface area contributed by atoms with Gasteiger partial charge in [-0.1, -0.05) is 6.07 Å². The predicted molar refractivity (Wildman–Crippen MR) is 82.4 cm³/mol. The summed E-state index contributed by atoms with van der Waals surface area (Å²) in [5.41, 5.74) is 2.72. The van der Waals surface area contributed by atoms with Crippen molar-refractivity contribution in [3.05, 3.63) is 46.2 Å². The summed E-state index contributed by atoms with van der Waals surface area (Å²) in [6.07, 6.45) is 1.55. The Balaban J connectivity index is 1.61. The van der Waals surface area contributed by atoms with Crippen molar-refractivity contribution in [1.82, 2.24) is 10.3 Å². The van der Waals surface area contributed by atoms with E-state index in [2.05, 4.69) is 15.6 Å². The molecule has 0 bridgehead atoms. The predicted octanol–water partition coefficient (Wildman–Crippen LogP) is 3.24. The molecule has 1 heterocycles. The van der Waals surface area contributed by atoms with Gasteiger partial charge in [-0.15, -0.1) is 11.3 Å². The molecule has 0 saturated heterocycles. The van der Waals surface area contributed by atoms with Crippen LogP contribution >= 0.6 is 11.3 Å². The first kappa shape index (κ1) is 14.9. The lowest BCUT2D eigenvalue weighted by Crippen LogP contribution is -2.31. The second-order valence-corrected chi connectivity index (χ2v) is 5.97. The average molecular weight is 321 g/mol. The lowest BCUT2D eigenvalue weighted by molar-refractivity contribution is 0.182. The third-order valence-electron chi connectivity index (χ3n) is 3.55. The number of fused-ring (bicyclic) bond motifs is 1. The number of halogens is 1. The number of aromatic nitrogens is 1. The lowest BCUT2D eigenvalue weighted by atomic mass is 10.1. The number of carbonyl (C=O) groups is 1. The van der Waals surface area contributed by atoms with Gasteiger partial charge in [0.25, 0.3) is 0 Å². The average Bonchev–Trinajstić information content (AvgIpc) is 3.07. The van der Waals surface area contributed by atoms with E-state index in [1.54, 1.807) is 13.2 Å². The number of hydrogen-bond acceptors (Lipinski definition) is 4. The molecular weight excluding hydrogens is 305 g/mol. The Morgan fingerprint density at radius 1 is 1.55 bits per heavy atom. The Morgan fingerprint density at radius 3 is 3.23 bits per heavy atom. The van der Waals surface area contributed by atoms with Crippen LogP contribution in [0.1, 0.15) is 29.3 Å². The number of benzene rings is 1. The molecule has 1 aromatic heterocycles. The van der Waals surface area contributed by atoms with Crippen LogP contribution in [0.2, 0.25) is 0 Å². The molecule has 116 valence electrons. The van der Waals surface area contributed by atoms with Crippen LogP contribution in [0.15, 0.2) is 23.6 Å². The van der Waals surface area contributed by atoms with E-state index in [0.29, 0.717) is 11.7 Å². The molecule has 0 unspecified atom stereocenters. The zero-order chi connectivity index (χ0) is 15.5. The van der Waals surface area contributed by atoms with Gasteiger partial charge in [0.1, 0.15) is 5.82 Å². The van der Waals surface area contributed by atoms with E-state index < -0.39 is 0 Å². The Kier molecular flexibility index (Phi) is 4.35. The smallest absolute Gasteiger partial charge is 0.321 e. The molecule has 1 aliphatic rings. The Hall–Kier alpha value is -1.99. The number of rotatable bonds is 4. The summed E-state index contributed by atoms with van der Waals surface area (Å²) in [6.45, 7) is 0.418. The van der Waals surface area contributed by atoms with Crippen molar-refractivity contribution >= 4 is 22.5 Å². The highest BCUT2D eigenvalue weighted by molar-refractivity contribution is 7.13. The summed E-state index contributed by atoms with van der Waals surface area (Å²) in [7, 11) is 1.60. The molecule has 7 heteroatoms. The van der Waals surface area contributed by atoms with Crippen molar-refractivity contribution < 1.29 is 13.9 Å². The van der Waals surface area contributed by atoms with E-state index in [1.165, 1.54) is 23.5 Å². The summed E-state index contributed by atoms with van der Waals surface area (Å²) in [4.78, 5) is 16.3. The number of carbonyl (C=O) groups excluding carboxylic acids is 1. The van der Waals surface area contributed by atoms with Crippen molar-refractivity contribution in [2.24, 2.45) is 0 Å². The third kappa shape index (κ3) is 3.26. The molecule has 2 aromatic rings. The van der Waals surface area contributed by atoms with Gasteiger partial charge in [0.05, 0.1) is 18.3 Å². The normalized spacial score (nSPS) is 16.4. The Morgan fingerprint density at radius 2 is 2.41 bits per heavy atom. The molecule has 2 amide bonds. The van der Waals surface area contributed by atoms with Gasteiger partial charge in [-0.25, -0.2) is 14.2 Å². The molecule has 5 nitrogen and oxygen atoms in total. The number of nitrogens with zero attached hydrogens (tertiary/aromatic N) is 1. The first-order valence-electron chi connectivity index (χ1n) is 6.95. The topological polar surface area (TPSA) is 63.2 Å². The van der Waals surface area contributed by atoms with E-state index in [0.717, 1.165) is 29.7 Å². The van der Waals surface area contributed by atoms with E-state index in [1.807, 2.05) is 5.38 Å². The van der Waals surface area contributed by atoms with E-state index in [4.69, 9.17) is 4.74 Å². The van der Waals surface area contributed by atoms with Crippen LogP contribution in [-0.4, -0.2) is 18.1 Å². The number of methoxy groups -OCH3 is 1. The zero-order valence-electron chi connectivity index (χ0n) is 12.1. The Bertz CT molecular complexity index is 689. The van der Waals surface area contributed by atoms with Crippen LogP contribution in [0.3, 0.4) is 0 Å². The maximum atomic E-state index is 13.2. The van der Waals surface area contributed by atoms with E-state index in [9.17, 15) is 9.18 Å². The second-order valence-electron chi connectivity index (χ2n) is 5.11. The van der Waals surface area contributed by atoms with Gasteiger partial charge >= 0.3 is 6.03 Å². The molecule has 0 aliphatic heterocycles.